The van der Waals surface area contributed by atoms with E-state index in [0.29, 0.717) is 45.7 Å². The number of nitrogens with zero attached hydrogens (tertiary/aromatic N) is 1. The van der Waals surface area contributed by atoms with Crippen LogP contribution in [0.15, 0.2) is 77.0 Å². The van der Waals surface area contributed by atoms with Gasteiger partial charge >= 0.3 is 12.0 Å². The van der Waals surface area contributed by atoms with Gasteiger partial charge in [0.05, 0.1) is 31.5 Å². The minimum Gasteiger partial charge on any atom is -0.490 e. The molecule has 44 heavy (non-hydrogen) atoms. The first kappa shape index (κ1) is 32.1. The average molecular weight is 627 g/mol. The molecule has 0 saturated heterocycles. The number of urea groups is 1. The van der Waals surface area contributed by atoms with Crippen molar-refractivity contribution >= 4 is 29.8 Å². The van der Waals surface area contributed by atoms with Crippen LogP contribution in [-0.2, 0) is 16.1 Å². The third-order valence-corrected chi connectivity index (χ3v) is 6.61. The second-order valence-corrected chi connectivity index (χ2v) is 9.95. The van der Waals surface area contributed by atoms with E-state index < -0.39 is 24.3 Å². The van der Waals surface area contributed by atoms with Crippen LogP contribution in [0.2, 0.25) is 5.02 Å². The van der Waals surface area contributed by atoms with Gasteiger partial charge in [-0.15, -0.1) is 0 Å². The molecule has 0 saturated carbocycles. The van der Waals surface area contributed by atoms with E-state index in [2.05, 4.69) is 21.2 Å². The van der Waals surface area contributed by atoms with Crippen LogP contribution in [0.4, 0.5) is 9.18 Å². The van der Waals surface area contributed by atoms with E-state index in [9.17, 15) is 19.1 Å². The van der Waals surface area contributed by atoms with Gasteiger partial charge in [-0.3, -0.25) is 5.43 Å². The molecule has 0 fully saturated rings. The Kier molecular flexibility index (Phi) is 11.0. The second kappa shape index (κ2) is 15.1. The van der Waals surface area contributed by atoms with Gasteiger partial charge in [-0.2, -0.15) is 5.10 Å². The Morgan fingerprint density at radius 2 is 1.84 bits per heavy atom. The molecule has 11 nitrogen and oxygen atoms in total. The molecular weight excluding hydrogens is 595 g/mol. The molecule has 1 heterocycles. The van der Waals surface area contributed by atoms with Crippen molar-refractivity contribution in [2.45, 2.75) is 32.7 Å². The van der Waals surface area contributed by atoms with Crippen molar-refractivity contribution in [2.24, 2.45) is 5.10 Å². The quantitative estimate of drug-likeness (QED) is 0.0936. The number of allylic oxidation sites excluding steroid dienone is 1. The minimum absolute atomic E-state index is 0.198. The highest BCUT2D eigenvalue weighted by Crippen LogP contribution is 2.35. The summed E-state index contributed by atoms with van der Waals surface area (Å²) in [7, 11) is 1.26. The number of aliphatic hydroxyl groups excluding tert-OH is 1. The Morgan fingerprint density at radius 1 is 1.09 bits per heavy atom. The summed E-state index contributed by atoms with van der Waals surface area (Å²) in [5.41, 5.74) is 5.12. The van der Waals surface area contributed by atoms with Crippen molar-refractivity contribution in [2.75, 3.05) is 20.3 Å². The molecule has 3 aromatic rings. The molecule has 4 N–H and O–H groups in total. The Bertz CT molecular complexity index is 1550. The highest BCUT2D eigenvalue weighted by atomic mass is 35.5. The van der Waals surface area contributed by atoms with E-state index in [1.54, 1.807) is 62.4 Å². The monoisotopic (exact) mass is 626 g/mol. The number of nitrogens with one attached hydrogen (secondary N) is 3. The van der Waals surface area contributed by atoms with Gasteiger partial charge in [-0.05, 0) is 67.4 Å². The zero-order valence-electron chi connectivity index (χ0n) is 24.2. The number of esters is 1. The normalized spacial score (nSPS) is 15.3. The van der Waals surface area contributed by atoms with E-state index in [1.165, 1.54) is 25.5 Å². The number of carbonyl (C=O) groups excluding carboxylic acids is 2. The number of halogens is 2. The number of aliphatic hydroxyl groups is 1. The van der Waals surface area contributed by atoms with Crippen LogP contribution in [0.3, 0.4) is 0 Å². The summed E-state index contributed by atoms with van der Waals surface area (Å²) < 4.78 is 35.5. The molecule has 0 unspecified atom stereocenters. The highest BCUT2D eigenvalue weighted by molar-refractivity contribution is 6.30. The SMILES string of the molecule is CCOc1cc([C@@H]2NC(=O)NC(C)=C2C(=O)OC)ccc1OC[C@H](O)N/N=C/c1cc(Cl)ccc1OCc1ccc(F)cc1. The maximum Gasteiger partial charge on any atom is 0.337 e. The van der Waals surface area contributed by atoms with E-state index in [1.807, 2.05) is 0 Å². The fraction of sp³-hybridized carbons (Fsp3) is 0.258. The predicted molar refractivity (Wildman–Crippen MR) is 161 cm³/mol. The maximum atomic E-state index is 13.2. The smallest absolute Gasteiger partial charge is 0.337 e. The van der Waals surface area contributed by atoms with E-state index in [0.717, 1.165) is 5.56 Å². The van der Waals surface area contributed by atoms with Gasteiger partial charge in [0.1, 0.15) is 24.8 Å². The van der Waals surface area contributed by atoms with E-state index in [4.69, 9.17) is 30.5 Å². The molecular formula is C31H32ClFN4O7. The van der Waals surface area contributed by atoms with Gasteiger partial charge in [0.25, 0.3) is 0 Å². The summed E-state index contributed by atoms with van der Waals surface area (Å²) in [5.74, 6) is 0.241. The molecule has 232 valence electrons. The maximum absolute atomic E-state index is 13.2. The number of ether oxygens (including phenoxy) is 4. The van der Waals surface area contributed by atoms with Crippen molar-refractivity contribution in [1.29, 1.82) is 0 Å². The molecule has 0 aromatic heterocycles. The van der Waals surface area contributed by atoms with Crippen LogP contribution < -0.4 is 30.3 Å². The van der Waals surface area contributed by atoms with Crippen molar-refractivity contribution in [3.05, 3.63) is 99.5 Å². The third-order valence-electron chi connectivity index (χ3n) is 6.38. The lowest BCUT2D eigenvalue weighted by Gasteiger charge is -2.28. The lowest BCUT2D eigenvalue weighted by Crippen LogP contribution is -2.45. The number of hydrogen-bond donors (Lipinski definition) is 4. The van der Waals surface area contributed by atoms with Crippen molar-refractivity contribution in [3.63, 3.8) is 0 Å². The predicted octanol–water partition coefficient (Wildman–Crippen LogP) is 4.58. The van der Waals surface area contributed by atoms with Crippen LogP contribution in [0.5, 0.6) is 17.2 Å². The van der Waals surface area contributed by atoms with Gasteiger partial charge < -0.3 is 34.7 Å². The first-order valence-electron chi connectivity index (χ1n) is 13.6. The fourth-order valence-electron chi connectivity index (χ4n) is 4.31. The Balaban J connectivity index is 1.40. The summed E-state index contributed by atoms with van der Waals surface area (Å²) >= 11 is 6.15. The molecule has 0 aliphatic carbocycles. The molecule has 0 spiro atoms. The Labute approximate surface area is 258 Å². The lowest BCUT2D eigenvalue weighted by molar-refractivity contribution is -0.136. The first-order chi connectivity index (χ1) is 21.2. The first-order valence-corrected chi connectivity index (χ1v) is 14.0. The summed E-state index contributed by atoms with van der Waals surface area (Å²) in [6.45, 7) is 3.73. The molecule has 1 aliphatic heterocycles. The number of methoxy groups -OCH3 is 1. The number of hydrogen-bond acceptors (Lipinski definition) is 9. The number of hydrazone groups is 1. The number of benzene rings is 3. The van der Waals surface area contributed by atoms with Crippen LogP contribution >= 0.6 is 11.6 Å². The van der Waals surface area contributed by atoms with E-state index >= 15 is 0 Å². The molecule has 3 aromatic carbocycles. The highest BCUT2D eigenvalue weighted by Gasteiger charge is 2.32. The molecule has 2 atom stereocenters. The summed E-state index contributed by atoms with van der Waals surface area (Å²) in [5, 5.41) is 20.3. The fourth-order valence-corrected chi connectivity index (χ4v) is 4.49. The van der Waals surface area contributed by atoms with Crippen LogP contribution in [-0.4, -0.2) is 49.9 Å². The Morgan fingerprint density at radius 3 is 2.57 bits per heavy atom. The zero-order valence-corrected chi connectivity index (χ0v) is 25.0. The number of amides is 2. The molecule has 0 bridgehead atoms. The van der Waals surface area contributed by atoms with Crippen molar-refractivity contribution in [3.8, 4) is 17.2 Å². The molecule has 2 amide bonds. The standard InChI is InChI=1S/C31H32ClFN4O7/c1-4-42-26-14-20(29-28(30(39)41-3)18(2)35-31(40)36-29)7-11-25(26)44-17-27(38)37-34-15-21-13-22(32)8-12-24(21)43-16-19-5-9-23(33)10-6-19/h5-15,27,29,37-38H,4,16-17H2,1-3H3,(H2,35,36,40)/b34-15+/t27-,29-/m0/s1. The van der Waals surface area contributed by atoms with Gasteiger partial charge in [0, 0.05) is 16.3 Å². The number of rotatable bonds is 13. The zero-order chi connectivity index (χ0) is 31.6. The van der Waals surface area contributed by atoms with Gasteiger partial charge in [0.2, 0.25) is 0 Å². The topological polar surface area (TPSA) is 140 Å². The van der Waals surface area contributed by atoms with Gasteiger partial charge in [-0.1, -0.05) is 29.8 Å². The molecule has 4 rings (SSSR count). The Hall–Kier alpha value is -4.81. The minimum atomic E-state index is -1.21. The lowest BCUT2D eigenvalue weighted by atomic mass is 9.95. The van der Waals surface area contributed by atoms with E-state index in [-0.39, 0.29) is 24.6 Å². The third kappa shape index (κ3) is 8.39. The molecule has 13 heteroatoms. The molecule has 0 radical (unpaired) electrons. The summed E-state index contributed by atoms with van der Waals surface area (Å²) in [6.07, 6.45) is 0.237. The number of carbonyl (C=O) groups is 2. The summed E-state index contributed by atoms with van der Waals surface area (Å²) in [6, 6.07) is 14.7. The van der Waals surface area contributed by atoms with Gasteiger partial charge in [-0.25, -0.2) is 14.0 Å². The molecule has 1 aliphatic rings. The largest absolute Gasteiger partial charge is 0.490 e. The van der Waals surface area contributed by atoms with Crippen LogP contribution in [0.25, 0.3) is 0 Å². The van der Waals surface area contributed by atoms with Crippen LogP contribution in [0, 0.1) is 5.82 Å². The van der Waals surface area contributed by atoms with Gasteiger partial charge in [0.15, 0.2) is 17.7 Å². The summed E-state index contributed by atoms with van der Waals surface area (Å²) in [4.78, 5) is 24.6. The average Bonchev–Trinajstić information content (AvgIpc) is 3.00. The second-order valence-electron chi connectivity index (χ2n) is 9.51. The van der Waals surface area contributed by atoms with Crippen molar-refractivity contribution in [1.82, 2.24) is 16.1 Å². The van der Waals surface area contributed by atoms with Crippen molar-refractivity contribution < 1.29 is 38.0 Å². The van der Waals surface area contributed by atoms with Crippen LogP contribution in [0.1, 0.15) is 36.6 Å².